The van der Waals surface area contributed by atoms with Gasteiger partial charge in [-0.1, -0.05) is 121 Å². The van der Waals surface area contributed by atoms with Crippen LogP contribution in [0, 0.1) is 0 Å². The summed E-state index contributed by atoms with van der Waals surface area (Å²) < 4.78 is 7.28. The largest absolute Gasteiger partial charge is 0.309 e. The third kappa shape index (κ3) is 4.00. The van der Waals surface area contributed by atoms with Crippen molar-refractivity contribution in [2.75, 3.05) is 0 Å². The van der Waals surface area contributed by atoms with E-state index < -0.39 is 0 Å². The minimum Gasteiger partial charge on any atom is -0.309 e. The highest BCUT2D eigenvalue weighted by Crippen LogP contribution is 2.43. The molecule has 0 amide bonds. The lowest BCUT2D eigenvalue weighted by Gasteiger charge is -2.15. The number of fused-ring (bicyclic) bond motifs is 10. The Morgan fingerprint density at radius 3 is 1.33 bits per heavy atom. The van der Waals surface area contributed by atoms with E-state index >= 15 is 0 Å². The highest BCUT2D eigenvalue weighted by molar-refractivity contribution is 6.29. The van der Waals surface area contributed by atoms with Crippen LogP contribution in [-0.2, 0) is 0 Å². The number of rotatable bonds is 4. The first kappa shape index (κ1) is 28.0. The molecule has 0 fully saturated rings. The van der Waals surface area contributed by atoms with Crippen LogP contribution in [0.15, 0.2) is 188 Å². The lowest BCUT2D eigenvalue weighted by molar-refractivity contribution is 1.17. The lowest BCUT2D eigenvalue weighted by Crippen LogP contribution is -1.98. The minimum atomic E-state index is 1.14. The number of aromatic nitrogens is 3. The molecule has 0 unspecified atom stereocenters. The van der Waals surface area contributed by atoms with Crippen molar-refractivity contribution in [1.82, 2.24) is 13.7 Å². The molecule has 51 heavy (non-hydrogen) atoms. The quantitative estimate of drug-likeness (QED) is 0.180. The molecule has 11 rings (SSSR count). The number of benzene rings is 8. The molecule has 0 aliphatic heterocycles. The van der Waals surface area contributed by atoms with Crippen LogP contribution in [0.5, 0.6) is 0 Å². The van der Waals surface area contributed by atoms with Gasteiger partial charge in [-0.2, -0.15) is 0 Å². The van der Waals surface area contributed by atoms with Crippen molar-refractivity contribution in [1.29, 1.82) is 0 Å². The van der Waals surface area contributed by atoms with Crippen LogP contribution < -0.4 is 0 Å². The molecule has 0 spiro atoms. The van der Waals surface area contributed by atoms with E-state index in [1.54, 1.807) is 0 Å². The van der Waals surface area contributed by atoms with E-state index in [-0.39, 0.29) is 0 Å². The fraction of sp³-hybridized carbons (Fsp3) is 0. The van der Waals surface area contributed by atoms with Crippen molar-refractivity contribution in [3.63, 3.8) is 0 Å². The van der Waals surface area contributed by atoms with E-state index in [4.69, 9.17) is 0 Å². The molecule has 3 heterocycles. The number of nitrogens with zero attached hydrogens (tertiary/aromatic N) is 3. The molecule has 3 aromatic heterocycles. The van der Waals surface area contributed by atoms with E-state index in [2.05, 4.69) is 202 Å². The molecule has 0 aliphatic rings. The summed E-state index contributed by atoms with van der Waals surface area (Å²) in [6.45, 7) is 0. The van der Waals surface area contributed by atoms with E-state index in [0.29, 0.717) is 0 Å². The summed E-state index contributed by atoms with van der Waals surface area (Å²) in [5.74, 6) is 0. The third-order valence-corrected chi connectivity index (χ3v) is 10.6. The summed E-state index contributed by atoms with van der Waals surface area (Å²) in [5, 5.41) is 7.62. The summed E-state index contributed by atoms with van der Waals surface area (Å²) in [5.41, 5.74) is 13.1. The van der Waals surface area contributed by atoms with Gasteiger partial charge in [-0.3, -0.25) is 0 Å². The fourth-order valence-electron chi connectivity index (χ4n) is 8.56. The normalized spacial score (nSPS) is 11.9. The average Bonchev–Trinajstić information content (AvgIpc) is 3.84. The predicted molar refractivity (Wildman–Crippen MR) is 215 cm³/mol. The molecule has 3 heteroatoms. The van der Waals surface area contributed by atoms with E-state index in [1.807, 2.05) is 0 Å². The lowest BCUT2D eigenvalue weighted by atomic mass is 10.0. The number of hydrogen-bond acceptors (Lipinski definition) is 0. The highest BCUT2D eigenvalue weighted by Gasteiger charge is 2.21. The van der Waals surface area contributed by atoms with Gasteiger partial charge in [0.2, 0.25) is 0 Å². The zero-order valence-electron chi connectivity index (χ0n) is 27.7. The van der Waals surface area contributed by atoms with Crippen molar-refractivity contribution >= 4 is 65.4 Å². The zero-order valence-corrected chi connectivity index (χ0v) is 27.7. The molecule has 238 valence electrons. The Kier molecular flexibility index (Phi) is 5.96. The molecule has 11 aromatic rings. The molecule has 0 aliphatic carbocycles. The van der Waals surface area contributed by atoms with E-state index in [1.165, 1.54) is 87.9 Å². The maximum atomic E-state index is 2.45. The Hall–Kier alpha value is -6.84. The standard InChI is InChI=1S/C48H31N3/c1-2-16-33(17-3-1)49-43-27-12-7-22-38(43)47-45(49)29-30-46-48(47)39-23-8-13-28-44(39)50(46)34-18-14-15-32(31-34)35-19-4-9-24-40(35)51-41-25-10-5-20-36(41)37-21-6-11-26-42(37)51/h1-31H. The first-order valence-electron chi connectivity index (χ1n) is 17.5. The molecular formula is C48H31N3. The van der Waals surface area contributed by atoms with Crippen LogP contribution in [-0.4, -0.2) is 13.7 Å². The van der Waals surface area contributed by atoms with Gasteiger partial charge in [-0.25, -0.2) is 0 Å². The van der Waals surface area contributed by atoms with Crippen LogP contribution in [0.3, 0.4) is 0 Å². The molecule has 8 aromatic carbocycles. The molecule has 0 radical (unpaired) electrons. The van der Waals surface area contributed by atoms with Gasteiger partial charge in [0.05, 0.1) is 38.8 Å². The topological polar surface area (TPSA) is 14.8 Å². The molecule has 0 saturated carbocycles. The maximum Gasteiger partial charge on any atom is 0.0548 e. The summed E-state index contributed by atoms with van der Waals surface area (Å²) in [6, 6.07) is 68.3. The summed E-state index contributed by atoms with van der Waals surface area (Å²) in [4.78, 5) is 0. The monoisotopic (exact) mass is 649 g/mol. The second-order valence-electron chi connectivity index (χ2n) is 13.3. The Balaban J connectivity index is 1.17. The Labute approximate surface area is 294 Å². The van der Waals surface area contributed by atoms with Gasteiger partial charge < -0.3 is 13.7 Å². The molecule has 3 nitrogen and oxygen atoms in total. The van der Waals surface area contributed by atoms with Gasteiger partial charge >= 0.3 is 0 Å². The highest BCUT2D eigenvalue weighted by atomic mass is 15.0. The van der Waals surface area contributed by atoms with Gasteiger partial charge in [0.1, 0.15) is 0 Å². The van der Waals surface area contributed by atoms with Crippen molar-refractivity contribution in [2.24, 2.45) is 0 Å². The SMILES string of the molecule is c1ccc(-n2c3ccccc3c3c4c5ccccc5n(-c5cccc(-c6ccccc6-n6c7ccccc7c7ccccc76)c5)c4ccc32)cc1. The fourth-order valence-corrected chi connectivity index (χ4v) is 8.56. The van der Waals surface area contributed by atoms with Crippen LogP contribution in [0.4, 0.5) is 0 Å². The zero-order chi connectivity index (χ0) is 33.5. The van der Waals surface area contributed by atoms with Crippen molar-refractivity contribution in [3.8, 4) is 28.2 Å². The Morgan fingerprint density at radius 2 is 0.725 bits per heavy atom. The van der Waals surface area contributed by atoms with Gasteiger partial charge in [-0.15, -0.1) is 0 Å². The predicted octanol–water partition coefficient (Wildman–Crippen LogP) is 12.6. The first-order chi connectivity index (χ1) is 25.3. The molecule has 0 atom stereocenters. The average molecular weight is 650 g/mol. The summed E-state index contributed by atoms with van der Waals surface area (Å²) in [7, 11) is 0. The van der Waals surface area contributed by atoms with E-state index in [0.717, 1.165) is 5.69 Å². The Bertz CT molecular complexity index is 3080. The molecule has 0 N–H and O–H groups in total. The number of hydrogen-bond donors (Lipinski definition) is 0. The van der Waals surface area contributed by atoms with Crippen LogP contribution in [0.2, 0.25) is 0 Å². The smallest absolute Gasteiger partial charge is 0.0548 e. The van der Waals surface area contributed by atoms with E-state index in [9.17, 15) is 0 Å². The summed E-state index contributed by atoms with van der Waals surface area (Å²) >= 11 is 0. The third-order valence-electron chi connectivity index (χ3n) is 10.6. The molecular weight excluding hydrogens is 619 g/mol. The van der Waals surface area contributed by atoms with Gasteiger partial charge in [-0.05, 0) is 72.3 Å². The van der Waals surface area contributed by atoms with Crippen LogP contribution >= 0.6 is 0 Å². The molecule has 0 saturated heterocycles. The van der Waals surface area contributed by atoms with Crippen LogP contribution in [0.25, 0.3) is 93.6 Å². The Morgan fingerprint density at radius 1 is 0.275 bits per heavy atom. The summed E-state index contributed by atoms with van der Waals surface area (Å²) in [6.07, 6.45) is 0. The van der Waals surface area contributed by atoms with Gasteiger partial charge in [0.15, 0.2) is 0 Å². The van der Waals surface area contributed by atoms with Crippen LogP contribution in [0.1, 0.15) is 0 Å². The van der Waals surface area contributed by atoms with Crippen molar-refractivity contribution < 1.29 is 0 Å². The molecule has 0 bridgehead atoms. The second kappa shape index (κ2) is 10.8. The minimum absolute atomic E-state index is 1.14. The van der Waals surface area contributed by atoms with Gasteiger partial charge in [0.25, 0.3) is 0 Å². The van der Waals surface area contributed by atoms with Crippen molar-refractivity contribution in [3.05, 3.63) is 188 Å². The first-order valence-corrected chi connectivity index (χ1v) is 17.5. The number of para-hydroxylation sites is 6. The maximum absolute atomic E-state index is 2.45. The second-order valence-corrected chi connectivity index (χ2v) is 13.3. The van der Waals surface area contributed by atoms with Crippen molar-refractivity contribution in [2.45, 2.75) is 0 Å². The van der Waals surface area contributed by atoms with Gasteiger partial charge in [0, 0.05) is 49.3 Å².